The molecule has 0 saturated carbocycles. The van der Waals surface area contributed by atoms with Gasteiger partial charge < -0.3 is 25.8 Å². The lowest BCUT2D eigenvalue weighted by atomic mass is 9.89. The van der Waals surface area contributed by atoms with E-state index < -0.39 is 17.2 Å². The van der Waals surface area contributed by atoms with Crippen molar-refractivity contribution in [2.45, 2.75) is 45.8 Å². The molecule has 0 fully saturated rings. The second-order valence-electron chi connectivity index (χ2n) is 7.64. The van der Waals surface area contributed by atoms with E-state index in [0.29, 0.717) is 17.3 Å². The molecule has 0 radical (unpaired) electrons. The smallest absolute Gasteiger partial charge is 0.408 e. The first-order valence-electron chi connectivity index (χ1n) is 8.69. The summed E-state index contributed by atoms with van der Waals surface area (Å²) >= 11 is 1.57. The predicted octanol–water partition coefficient (Wildman–Crippen LogP) is 4.49. The van der Waals surface area contributed by atoms with Gasteiger partial charge in [-0.2, -0.15) is 0 Å². The molecule has 2 aromatic rings. The van der Waals surface area contributed by atoms with Crippen LogP contribution < -0.4 is 21.1 Å². The van der Waals surface area contributed by atoms with Crippen LogP contribution in [-0.4, -0.2) is 11.7 Å². The van der Waals surface area contributed by atoms with Gasteiger partial charge in [-0.25, -0.2) is 4.79 Å². The van der Waals surface area contributed by atoms with Crippen LogP contribution in [0.1, 0.15) is 45.1 Å². The van der Waals surface area contributed by atoms with Crippen molar-refractivity contribution < 1.29 is 14.3 Å². The number of carbonyl (C=O) groups excluding carboxylic acids is 1. The third kappa shape index (κ3) is 4.03. The molecule has 7 heteroatoms. The summed E-state index contributed by atoms with van der Waals surface area (Å²) in [6.45, 7) is 9.28. The van der Waals surface area contributed by atoms with Gasteiger partial charge in [0.2, 0.25) is 0 Å². The molecule has 1 amide bonds. The molecule has 0 spiro atoms. The number of hydrogen-bond acceptors (Lipinski definition) is 6. The maximum absolute atomic E-state index is 12.5. The maximum Gasteiger partial charge on any atom is 0.408 e. The highest BCUT2D eigenvalue weighted by Crippen LogP contribution is 2.39. The summed E-state index contributed by atoms with van der Waals surface area (Å²) in [5, 5.41) is 8.16. The molecule has 0 saturated heterocycles. The van der Waals surface area contributed by atoms with Gasteiger partial charge >= 0.3 is 6.09 Å². The fourth-order valence-electron chi connectivity index (χ4n) is 2.83. The summed E-state index contributed by atoms with van der Waals surface area (Å²) in [4.78, 5) is 13.5. The van der Waals surface area contributed by atoms with Crippen LogP contribution in [-0.2, 0) is 10.3 Å². The number of fused-ring (bicyclic) bond motifs is 1. The Kier molecular flexibility index (Phi) is 4.82. The van der Waals surface area contributed by atoms with Crippen LogP contribution in [0, 0.1) is 0 Å². The van der Waals surface area contributed by atoms with E-state index in [2.05, 4.69) is 10.6 Å². The normalized spacial score (nSPS) is 15.9. The Morgan fingerprint density at radius 2 is 2.00 bits per heavy atom. The van der Waals surface area contributed by atoms with E-state index in [1.54, 1.807) is 18.3 Å². The standard InChI is InChI=1S/C20H25N3O3S/c1-12-17(21)22-14-11-13(8-9-15(14)25-12)20(5,16-7-6-10-27-16)23-18(24)26-19(2,3)4/h6-11,22H,21H2,1-5H3,(H,23,24). The fraction of sp³-hybridized carbons (Fsp3) is 0.350. The van der Waals surface area contributed by atoms with Gasteiger partial charge in [0.15, 0.2) is 5.75 Å². The van der Waals surface area contributed by atoms with Gasteiger partial charge in [-0.3, -0.25) is 0 Å². The molecule has 1 aromatic carbocycles. The summed E-state index contributed by atoms with van der Waals surface area (Å²) < 4.78 is 11.2. The molecule has 27 heavy (non-hydrogen) atoms. The molecule has 4 N–H and O–H groups in total. The Labute approximate surface area is 163 Å². The number of hydrogen-bond donors (Lipinski definition) is 3. The number of nitrogens with one attached hydrogen (secondary N) is 2. The largest absolute Gasteiger partial charge is 0.456 e. The van der Waals surface area contributed by atoms with Gasteiger partial charge in [0.25, 0.3) is 0 Å². The first kappa shape index (κ1) is 19.1. The van der Waals surface area contributed by atoms with Crippen LogP contribution in [0.15, 0.2) is 47.3 Å². The van der Waals surface area contributed by atoms with E-state index in [0.717, 1.165) is 16.1 Å². The summed E-state index contributed by atoms with van der Waals surface area (Å²) in [6, 6.07) is 9.69. The average molecular weight is 388 g/mol. The summed E-state index contributed by atoms with van der Waals surface area (Å²) in [5.41, 5.74) is 6.25. The molecule has 3 rings (SSSR count). The van der Waals surface area contributed by atoms with Gasteiger partial charge in [0.1, 0.15) is 22.7 Å². The molecule has 1 aliphatic rings. The zero-order valence-electron chi connectivity index (χ0n) is 16.2. The zero-order chi connectivity index (χ0) is 19.8. The van der Waals surface area contributed by atoms with Crippen LogP contribution in [0.5, 0.6) is 5.75 Å². The molecule has 1 atom stereocenters. The number of rotatable bonds is 3. The quantitative estimate of drug-likeness (QED) is 0.722. The number of nitrogens with two attached hydrogens (primary N) is 1. The van der Waals surface area contributed by atoms with Crippen molar-refractivity contribution in [3.05, 3.63) is 57.7 Å². The van der Waals surface area contributed by atoms with Gasteiger partial charge in [0.05, 0.1) is 5.69 Å². The lowest BCUT2D eigenvalue weighted by molar-refractivity contribution is 0.0481. The number of anilines is 1. The minimum Gasteiger partial charge on any atom is -0.456 e. The van der Waals surface area contributed by atoms with Crippen LogP contribution in [0.2, 0.25) is 0 Å². The van der Waals surface area contributed by atoms with Crippen molar-refractivity contribution in [2.24, 2.45) is 5.73 Å². The third-order valence-electron chi connectivity index (χ3n) is 4.23. The van der Waals surface area contributed by atoms with Crippen LogP contribution >= 0.6 is 11.3 Å². The Balaban J connectivity index is 1.98. The average Bonchev–Trinajstić information content (AvgIpc) is 3.08. The second-order valence-corrected chi connectivity index (χ2v) is 8.58. The lowest BCUT2D eigenvalue weighted by Crippen LogP contribution is -2.46. The second kappa shape index (κ2) is 6.81. The Hall–Kier alpha value is -2.67. The summed E-state index contributed by atoms with van der Waals surface area (Å²) in [7, 11) is 0. The number of alkyl carbamates (subject to hydrolysis) is 1. The predicted molar refractivity (Wildman–Crippen MR) is 108 cm³/mol. The van der Waals surface area contributed by atoms with Crippen LogP contribution in [0.3, 0.4) is 0 Å². The molecule has 2 heterocycles. The molecule has 1 aliphatic heterocycles. The minimum atomic E-state index is -0.766. The van der Waals surface area contributed by atoms with E-state index in [1.807, 2.05) is 63.4 Å². The van der Waals surface area contributed by atoms with Crippen molar-refractivity contribution in [3.63, 3.8) is 0 Å². The Morgan fingerprint density at radius 1 is 1.26 bits per heavy atom. The monoisotopic (exact) mass is 387 g/mol. The summed E-state index contributed by atoms with van der Waals surface area (Å²) in [5.74, 6) is 1.79. The van der Waals surface area contributed by atoms with Gasteiger partial charge in [-0.05, 0) is 63.8 Å². The topological polar surface area (TPSA) is 85.6 Å². The third-order valence-corrected chi connectivity index (χ3v) is 5.32. The molecular formula is C20H25N3O3S. The number of benzene rings is 1. The van der Waals surface area contributed by atoms with Crippen LogP contribution in [0.25, 0.3) is 0 Å². The van der Waals surface area contributed by atoms with Crippen molar-refractivity contribution in [1.82, 2.24) is 5.32 Å². The molecule has 6 nitrogen and oxygen atoms in total. The molecular weight excluding hydrogens is 362 g/mol. The Bertz CT molecular complexity index is 884. The van der Waals surface area contributed by atoms with E-state index >= 15 is 0 Å². The molecule has 0 aliphatic carbocycles. The van der Waals surface area contributed by atoms with Gasteiger partial charge in [-0.1, -0.05) is 12.1 Å². The maximum atomic E-state index is 12.5. The van der Waals surface area contributed by atoms with E-state index in [9.17, 15) is 4.79 Å². The highest BCUT2D eigenvalue weighted by Gasteiger charge is 2.34. The number of ether oxygens (including phenoxy) is 2. The van der Waals surface area contributed by atoms with E-state index in [1.165, 1.54) is 0 Å². The first-order chi connectivity index (χ1) is 12.6. The number of thiophene rings is 1. The zero-order valence-corrected chi connectivity index (χ0v) is 17.0. The SMILES string of the molecule is CC1=C(N)Nc2cc(C(C)(NC(=O)OC(C)(C)C)c3cccs3)ccc2O1. The summed E-state index contributed by atoms with van der Waals surface area (Å²) in [6.07, 6.45) is -0.476. The van der Waals surface area contributed by atoms with E-state index in [4.69, 9.17) is 15.2 Å². The first-order valence-corrected chi connectivity index (χ1v) is 9.57. The lowest BCUT2D eigenvalue weighted by Gasteiger charge is -2.33. The van der Waals surface area contributed by atoms with Gasteiger partial charge in [0, 0.05) is 4.88 Å². The number of allylic oxidation sites excluding steroid dienone is 1. The molecule has 144 valence electrons. The van der Waals surface area contributed by atoms with Crippen molar-refractivity contribution in [3.8, 4) is 5.75 Å². The van der Waals surface area contributed by atoms with Crippen molar-refractivity contribution in [1.29, 1.82) is 0 Å². The molecule has 1 unspecified atom stereocenters. The fourth-order valence-corrected chi connectivity index (χ4v) is 3.69. The number of carbonyl (C=O) groups is 1. The van der Waals surface area contributed by atoms with E-state index in [-0.39, 0.29) is 0 Å². The van der Waals surface area contributed by atoms with Crippen LogP contribution in [0.4, 0.5) is 10.5 Å². The number of amides is 1. The minimum absolute atomic E-state index is 0.470. The highest BCUT2D eigenvalue weighted by molar-refractivity contribution is 7.10. The highest BCUT2D eigenvalue weighted by atomic mass is 32.1. The molecule has 1 aromatic heterocycles. The van der Waals surface area contributed by atoms with Gasteiger partial charge in [-0.15, -0.1) is 11.3 Å². The Morgan fingerprint density at radius 3 is 2.63 bits per heavy atom. The van der Waals surface area contributed by atoms with Crippen molar-refractivity contribution >= 4 is 23.1 Å². The van der Waals surface area contributed by atoms with Crippen molar-refractivity contribution in [2.75, 3.05) is 5.32 Å². The molecule has 0 bridgehead atoms.